The molecule has 3 atom stereocenters. The fraction of sp³-hybridized carbons (Fsp3) is 0.440. The van der Waals surface area contributed by atoms with Crippen LogP contribution in [0.2, 0.25) is 0 Å². The second-order valence-corrected chi connectivity index (χ2v) is 8.77. The Morgan fingerprint density at radius 3 is 2.23 bits per heavy atom. The first-order chi connectivity index (χ1) is 14.3. The molecule has 0 unspecified atom stereocenters. The van der Waals surface area contributed by atoms with Crippen LogP contribution in [-0.4, -0.2) is 48.4 Å². The Hall–Kier alpha value is -2.82. The third kappa shape index (κ3) is 3.47. The number of hydrogen-bond donors (Lipinski definition) is 0. The van der Waals surface area contributed by atoms with E-state index in [-0.39, 0.29) is 23.8 Å². The SMILES string of the molecule is COc1ccc([C@H]2[C@@H]3CN(C(=O)c4cc(C)c(C)cc4C)C[C@@H]3CN2C(C)=O)cc1. The molecule has 2 amide bonds. The lowest BCUT2D eigenvalue weighted by molar-refractivity contribution is -0.130. The van der Waals surface area contributed by atoms with Crippen molar-refractivity contribution in [3.05, 3.63) is 64.2 Å². The first-order valence-corrected chi connectivity index (χ1v) is 10.6. The van der Waals surface area contributed by atoms with Gasteiger partial charge in [-0.05, 0) is 61.2 Å². The van der Waals surface area contributed by atoms with Crippen molar-refractivity contribution in [1.29, 1.82) is 0 Å². The third-order valence-electron chi connectivity index (χ3n) is 6.88. The topological polar surface area (TPSA) is 49.9 Å². The van der Waals surface area contributed by atoms with Crippen molar-refractivity contribution in [2.24, 2.45) is 11.8 Å². The fourth-order valence-corrected chi connectivity index (χ4v) is 5.12. The van der Waals surface area contributed by atoms with Crippen LogP contribution in [0.4, 0.5) is 0 Å². The Morgan fingerprint density at radius 2 is 1.60 bits per heavy atom. The number of aryl methyl sites for hydroxylation is 3. The molecule has 0 bridgehead atoms. The number of carbonyl (C=O) groups is 2. The van der Waals surface area contributed by atoms with E-state index in [0.29, 0.717) is 25.6 Å². The van der Waals surface area contributed by atoms with Crippen LogP contribution < -0.4 is 4.74 Å². The largest absolute Gasteiger partial charge is 0.497 e. The lowest BCUT2D eigenvalue weighted by Gasteiger charge is -2.29. The number of rotatable bonds is 3. The molecule has 0 N–H and O–H groups in total. The molecule has 158 valence electrons. The first-order valence-electron chi connectivity index (χ1n) is 10.6. The molecular weight excluding hydrogens is 376 g/mol. The van der Waals surface area contributed by atoms with Crippen LogP contribution in [0, 0.1) is 32.6 Å². The minimum atomic E-state index is -0.00273. The Morgan fingerprint density at radius 1 is 0.933 bits per heavy atom. The third-order valence-corrected chi connectivity index (χ3v) is 6.88. The molecule has 2 aliphatic heterocycles. The van der Waals surface area contributed by atoms with Crippen molar-refractivity contribution >= 4 is 11.8 Å². The van der Waals surface area contributed by atoms with Gasteiger partial charge in [-0.3, -0.25) is 9.59 Å². The molecule has 5 nitrogen and oxygen atoms in total. The van der Waals surface area contributed by atoms with E-state index in [4.69, 9.17) is 4.74 Å². The van der Waals surface area contributed by atoms with Crippen LogP contribution in [0.3, 0.4) is 0 Å². The number of ether oxygens (including phenoxy) is 1. The van der Waals surface area contributed by atoms with Gasteiger partial charge in [-0.25, -0.2) is 0 Å². The van der Waals surface area contributed by atoms with E-state index in [1.807, 2.05) is 47.1 Å². The quantitative estimate of drug-likeness (QED) is 0.777. The summed E-state index contributed by atoms with van der Waals surface area (Å²) < 4.78 is 5.29. The number of benzene rings is 2. The molecule has 5 heteroatoms. The van der Waals surface area contributed by atoms with Crippen molar-refractivity contribution in [2.45, 2.75) is 33.7 Å². The van der Waals surface area contributed by atoms with Crippen LogP contribution in [0.5, 0.6) is 5.75 Å². The maximum absolute atomic E-state index is 13.3. The maximum atomic E-state index is 13.3. The average molecular weight is 407 g/mol. The zero-order valence-electron chi connectivity index (χ0n) is 18.4. The highest BCUT2D eigenvalue weighted by molar-refractivity contribution is 5.96. The van der Waals surface area contributed by atoms with Gasteiger partial charge in [0.15, 0.2) is 0 Å². The molecule has 30 heavy (non-hydrogen) atoms. The van der Waals surface area contributed by atoms with Gasteiger partial charge in [0.1, 0.15) is 5.75 Å². The number of amides is 2. The average Bonchev–Trinajstić information content (AvgIpc) is 3.28. The summed E-state index contributed by atoms with van der Waals surface area (Å²) in [6.07, 6.45) is 0. The predicted octanol–water partition coefficient (Wildman–Crippen LogP) is 3.91. The van der Waals surface area contributed by atoms with Gasteiger partial charge in [-0.15, -0.1) is 0 Å². The summed E-state index contributed by atoms with van der Waals surface area (Å²) in [4.78, 5) is 29.6. The van der Waals surface area contributed by atoms with Gasteiger partial charge in [0, 0.05) is 44.0 Å². The minimum absolute atomic E-state index is 0.00273. The van der Waals surface area contributed by atoms with Crippen molar-refractivity contribution in [2.75, 3.05) is 26.7 Å². The van der Waals surface area contributed by atoms with Crippen molar-refractivity contribution in [1.82, 2.24) is 9.80 Å². The van der Waals surface area contributed by atoms with E-state index in [0.717, 1.165) is 28.0 Å². The Kier molecular flexibility index (Phi) is 5.31. The second kappa shape index (κ2) is 7.78. The smallest absolute Gasteiger partial charge is 0.254 e. The van der Waals surface area contributed by atoms with Gasteiger partial charge in [-0.1, -0.05) is 18.2 Å². The fourth-order valence-electron chi connectivity index (χ4n) is 5.12. The highest BCUT2D eigenvalue weighted by atomic mass is 16.5. The number of likely N-dealkylation sites (tertiary alicyclic amines) is 2. The zero-order chi connectivity index (χ0) is 21.6. The normalized spacial score (nSPS) is 22.9. The molecule has 0 spiro atoms. The lowest BCUT2D eigenvalue weighted by atomic mass is 9.89. The van der Waals surface area contributed by atoms with E-state index < -0.39 is 0 Å². The maximum Gasteiger partial charge on any atom is 0.254 e. The number of nitrogens with zero attached hydrogens (tertiary/aromatic N) is 2. The summed E-state index contributed by atoms with van der Waals surface area (Å²) >= 11 is 0. The van der Waals surface area contributed by atoms with Crippen LogP contribution >= 0.6 is 0 Å². The first kappa shape index (κ1) is 20.5. The highest BCUT2D eigenvalue weighted by Gasteiger charge is 2.49. The summed E-state index contributed by atoms with van der Waals surface area (Å²) in [6.45, 7) is 9.85. The van der Waals surface area contributed by atoms with Crippen LogP contribution in [0.15, 0.2) is 36.4 Å². The molecule has 4 rings (SSSR count). The molecule has 0 aromatic heterocycles. The van der Waals surface area contributed by atoms with E-state index in [9.17, 15) is 9.59 Å². The molecule has 2 aliphatic rings. The molecule has 2 fully saturated rings. The van der Waals surface area contributed by atoms with Gasteiger partial charge in [0.05, 0.1) is 13.2 Å². The summed E-state index contributed by atoms with van der Waals surface area (Å²) in [6, 6.07) is 12.1. The number of hydrogen-bond acceptors (Lipinski definition) is 3. The number of methoxy groups -OCH3 is 1. The molecule has 2 saturated heterocycles. The van der Waals surface area contributed by atoms with Crippen LogP contribution in [0.1, 0.15) is 45.6 Å². The standard InChI is InChI=1S/C25H30N2O3/c1-15-10-17(3)22(11-16(15)2)25(29)26-12-20-13-27(18(4)28)24(23(20)14-26)19-6-8-21(30-5)9-7-19/h6-11,20,23-24H,12-14H2,1-5H3/t20-,23-,24+/m1/s1. The second-order valence-electron chi connectivity index (χ2n) is 8.77. The number of carbonyl (C=O) groups excluding carboxylic acids is 2. The Bertz CT molecular complexity index is 983. The molecule has 2 heterocycles. The number of fused-ring (bicyclic) bond motifs is 1. The molecule has 0 aliphatic carbocycles. The molecule has 2 aromatic rings. The van der Waals surface area contributed by atoms with Gasteiger partial charge in [0.25, 0.3) is 5.91 Å². The van der Waals surface area contributed by atoms with Crippen LogP contribution in [0.25, 0.3) is 0 Å². The predicted molar refractivity (Wildman–Crippen MR) is 117 cm³/mol. The van der Waals surface area contributed by atoms with Gasteiger partial charge in [0.2, 0.25) is 5.91 Å². The zero-order valence-corrected chi connectivity index (χ0v) is 18.4. The highest BCUT2D eigenvalue weighted by Crippen LogP contribution is 2.45. The van der Waals surface area contributed by atoms with Crippen molar-refractivity contribution < 1.29 is 14.3 Å². The molecule has 2 aromatic carbocycles. The van der Waals surface area contributed by atoms with E-state index in [1.165, 1.54) is 5.56 Å². The van der Waals surface area contributed by atoms with E-state index >= 15 is 0 Å². The van der Waals surface area contributed by atoms with Gasteiger partial charge < -0.3 is 14.5 Å². The summed E-state index contributed by atoms with van der Waals surface area (Å²) in [5.41, 5.74) is 5.27. The van der Waals surface area contributed by atoms with Crippen molar-refractivity contribution in [3.8, 4) is 5.75 Å². The summed E-state index contributed by atoms with van der Waals surface area (Å²) in [5.74, 6) is 1.55. The van der Waals surface area contributed by atoms with Crippen LogP contribution in [-0.2, 0) is 4.79 Å². The van der Waals surface area contributed by atoms with Gasteiger partial charge in [-0.2, -0.15) is 0 Å². The summed E-state index contributed by atoms with van der Waals surface area (Å²) in [7, 11) is 1.65. The van der Waals surface area contributed by atoms with Crippen molar-refractivity contribution in [3.63, 3.8) is 0 Å². The molecule has 0 saturated carbocycles. The molecular formula is C25H30N2O3. The molecule has 0 radical (unpaired) electrons. The summed E-state index contributed by atoms with van der Waals surface area (Å²) in [5, 5.41) is 0. The minimum Gasteiger partial charge on any atom is -0.497 e. The lowest BCUT2D eigenvalue weighted by Crippen LogP contribution is -2.36. The Balaban J connectivity index is 1.60. The van der Waals surface area contributed by atoms with E-state index in [2.05, 4.69) is 19.9 Å². The Labute approximate surface area is 178 Å². The van der Waals surface area contributed by atoms with Gasteiger partial charge >= 0.3 is 0 Å². The van der Waals surface area contributed by atoms with E-state index in [1.54, 1.807) is 14.0 Å². The monoisotopic (exact) mass is 406 g/mol.